The van der Waals surface area contributed by atoms with Crippen molar-refractivity contribution >= 4 is 12.2 Å². The zero-order valence-electron chi connectivity index (χ0n) is 10.2. The first-order chi connectivity index (χ1) is 7.11. The van der Waals surface area contributed by atoms with Gasteiger partial charge < -0.3 is 15.2 Å². The molecule has 0 heterocycles. The molecule has 0 aliphatic carbocycles. The molecule has 7 heteroatoms. The Hall–Kier alpha value is -1.50. The minimum atomic E-state index is -1.16. The van der Waals surface area contributed by atoms with E-state index in [9.17, 15) is 9.59 Å². The molecule has 0 saturated heterocycles. The van der Waals surface area contributed by atoms with E-state index in [0.717, 1.165) is 0 Å². The third-order valence-electron chi connectivity index (χ3n) is 1.58. The molecule has 0 aliphatic rings. The van der Waals surface area contributed by atoms with Crippen LogP contribution in [0.4, 0.5) is 9.59 Å². The SMILES string of the molecule is CC(NC(=O)O)N(C)NC(=O)OC(C)(C)C. The first-order valence-electron chi connectivity index (χ1n) is 4.84. The van der Waals surface area contributed by atoms with E-state index in [-0.39, 0.29) is 0 Å². The molecule has 94 valence electrons. The molecule has 0 spiro atoms. The van der Waals surface area contributed by atoms with Gasteiger partial charge in [0.15, 0.2) is 0 Å². The molecule has 0 bridgehead atoms. The van der Waals surface area contributed by atoms with Crippen molar-refractivity contribution in [2.45, 2.75) is 39.5 Å². The second kappa shape index (κ2) is 5.55. The van der Waals surface area contributed by atoms with Gasteiger partial charge in [-0.05, 0) is 27.7 Å². The minimum Gasteiger partial charge on any atom is -0.465 e. The second-order valence-electron chi connectivity index (χ2n) is 4.35. The van der Waals surface area contributed by atoms with E-state index in [2.05, 4.69) is 10.7 Å². The molecule has 1 unspecified atom stereocenters. The van der Waals surface area contributed by atoms with Crippen molar-refractivity contribution in [2.24, 2.45) is 0 Å². The number of hydrazine groups is 1. The number of hydrogen-bond donors (Lipinski definition) is 3. The summed E-state index contributed by atoms with van der Waals surface area (Å²) in [5.41, 5.74) is 1.80. The van der Waals surface area contributed by atoms with Crippen LogP contribution in [0.2, 0.25) is 0 Å². The highest BCUT2D eigenvalue weighted by atomic mass is 16.6. The summed E-state index contributed by atoms with van der Waals surface area (Å²) < 4.78 is 5.00. The number of rotatable bonds is 3. The monoisotopic (exact) mass is 233 g/mol. The number of carboxylic acid groups (broad SMARTS) is 1. The fourth-order valence-corrected chi connectivity index (χ4v) is 0.817. The van der Waals surface area contributed by atoms with Crippen LogP contribution in [0.5, 0.6) is 0 Å². The average molecular weight is 233 g/mol. The first kappa shape index (κ1) is 14.5. The lowest BCUT2D eigenvalue weighted by molar-refractivity contribution is 0.0289. The van der Waals surface area contributed by atoms with E-state index in [1.54, 1.807) is 27.7 Å². The normalized spacial score (nSPS) is 13.1. The third kappa shape index (κ3) is 6.88. The van der Waals surface area contributed by atoms with Crippen LogP contribution in [0.3, 0.4) is 0 Å². The summed E-state index contributed by atoms with van der Waals surface area (Å²) in [6.45, 7) is 6.81. The lowest BCUT2D eigenvalue weighted by atomic mass is 10.2. The van der Waals surface area contributed by atoms with Gasteiger partial charge in [0.2, 0.25) is 0 Å². The smallest absolute Gasteiger partial charge is 0.422 e. The van der Waals surface area contributed by atoms with E-state index in [4.69, 9.17) is 9.84 Å². The van der Waals surface area contributed by atoms with E-state index in [1.807, 2.05) is 0 Å². The van der Waals surface area contributed by atoms with Crippen molar-refractivity contribution in [2.75, 3.05) is 7.05 Å². The molecular weight excluding hydrogens is 214 g/mol. The maximum atomic E-state index is 11.3. The van der Waals surface area contributed by atoms with Crippen molar-refractivity contribution in [3.63, 3.8) is 0 Å². The van der Waals surface area contributed by atoms with Crippen LogP contribution in [0.25, 0.3) is 0 Å². The van der Waals surface area contributed by atoms with Gasteiger partial charge in [0.25, 0.3) is 0 Å². The fourth-order valence-electron chi connectivity index (χ4n) is 0.817. The highest BCUT2D eigenvalue weighted by molar-refractivity contribution is 5.67. The highest BCUT2D eigenvalue weighted by Crippen LogP contribution is 2.06. The Morgan fingerprint density at radius 1 is 1.38 bits per heavy atom. The Morgan fingerprint density at radius 3 is 2.25 bits per heavy atom. The van der Waals surface area contributed by atoms with E-state index >= 15 is 0 Å². The fraction of sp³-hybridized carbons (Fsp3) is 0.778. The largest absolute Gasteiger partial charge is 0.465 e. The number of carbonyl (C=O) groups excluding carboxylic acids is 1. The van der Waals surface area contributed by atoms with E-state index in [0.29, 0.717) is 0 Å². The van der Waals surface area contributed by atoms with Gasteiger partial charge in [-0.3, -0.25) is 5.43 Å². The number of hydrogen-bond acceptors (Lipinski definition) is 4. The Kier molecular flexibility index (Phi) is 5.03. The van der Waals surface area contributed by atoms with Crippen molar-refractivity contribution in [3.05, 3.63) is 0 Å². The molecule has 0 fully saturated rings. The molecule has 7 nitrogen and oxygen atoms in total. The molecule has 0 aromatic carbocycles. The van der Waals surface area contributed by atoms with Crippen molar-refractivity contribution in [1.82, 2.24) is 15.8 Å². The van der Waals surface area contributed by atoms with Gasteiger partial charge in [0.1, 0.15) is 5.60 Å². The summed E-state index contributed by atoms with van der Waals surface area (Å²) in [4.78, 5) is 21.7. The lowest BCUT2D eigenvalue weighted by Gasteiger charge is -2.27. The molecule has 0 aliphatic heterocycles. The van der Waals surface area contributed by atoms with Gasteiger partial charge in [-0.1, -0.05) is 0 Å². The standard InChI is InChI=1S/C9H19N3O4/c1-6(10-7(13)14)12(5)11-8(15)16-9(2,3)4/h6,10H,1-5H3,(H,11,15)(H,13,14). The van der Waals surface area contributed by atoms with Crippen LogP contribution < -0.4 is 10.7 Å². The van der Waals surface area contributed by atoms with Crippen molar-refractivity contribution in [1.29, 1.82) is 0 Å². The third-order valence-corrected chi connectivity index (χ3v) is 1.58. The van der Waals surface area contributed by atoms with Crippen molar-refractivity contribution in [3.8, 4) is 0 Å². The van der Waals surface area contributed by atoms with E-state index in [1.165, 1.54) is 12.1 Å². The number of ether oxygens (including phenoxy) is 1. The summed E-state index contributed by atoms with van der Waals surface area (Å²) in [7, 11) is 1.53. The first-order valence-corrected chi connectivity index (χ1v) is 4.84. The summed E-state index contributed by atoms with van der Waals surface area (Å²) in [6.07, 6.45) is -2.34. The summed E-state index contributed by atoms with van der Waals surface area (Å²) in [6, 6.07) is 0. The Bertz CT molecular complexity index is 262. The number of carbonyl (C=O) groups is 2. The molecule has 0 aromatic rings. The van der Waals surface area contributed by atoms with Gasteiger partial charge in [0.05, 0.1) is 6.17 Å². The molecule has 0 rings (SSSR count). The Morgan fingerprint density at radius 2 is 1.88 bits per heavy atom. The zero-order valence-corrected chi connectivity index (χ0v) is 10.2. The van der Waals surface area contributed by atoms with Crippen molar-refractivity contribution < 1.29 is 19.4 Å². The van der Waals surface area contributed by atoms with Crippen LogP contribution in [0.15, 0.2) is 0 Å². The number of amides is 2. The van der Waals surface area contributed by atoms with Gasteiger partial charge in [-0.15, -0.1) is 0 Å². The van der Waals surface area contributed by atoms with Gasteiger partial charge in [0, 0.05) is 7.05 Å². The van der Waals surface area contributed by atoms with Gasteiger partial charge in [-0.2, -0.15) is 5.01 Å². The van der Waals surface area contributed by atoms with Crippen LogP contribution >= 0.6 is 0 Å². The predicted molar refractivity (Wildman–Crippen MR) is 57.8 cm³/mol. The zero-order chi connectivity index (χ0) is 12.9. The maximum absolute atomic E-state index is 11.3. The topological polar surface area (TPSA) is 90.9 Å². The van der Waals surface area contributed by atoms with Crippen LogP contribution in [-0.4, -0.2) is 41.1 Å². The molecule has 2 amide bonds. The highest BCUT2D eigenvalue weighted by Gasteiger charge is 2.19. The predicted octanol–water partition coefficient (Wildman–Crippen LogP) is 0.971. The lowest BCUT2D eigenvalue weighted by Crippen LogP contribution is -2.53. The molecule has 1 atom stereocenters. The van der Waals surface area contributed by atoms with Gasteiger partial charge in [-0.25, -0.2) is 9.59 Å². The number of nitrogens with zero attached hydrogens (tertiary/aromatic N) is 1. The number of nitrogens with one attached hydrogen (secondary N) is 2. The minimum absolute atomic E-state index is 0.551. The quantitative estimate of drug-likeness (QED) is 0.499. The second-order valence-corrected chi connectivity index (χ2v) is 4.35. The molecule has 0 aromatic heterocycles. The summed E-state index contributed by atoms with van der Waals surface area (Å²) >= 11 is 0. The molecule has 0 saturated carbocycles. The summed E-state index contributed by atoms with van der Waals surface area (Å²) in [5, 5.41) is 12.0. The average Bonchev–Trinajstić information content (AvgIpc) is 1.98. The Balaban J connectivity index is 4.09. The molecule has 3 N–H and O–H groups in total. The molecule has 0 radical (unpaired) electrons. The van der Waals surface area contributed by atoms with Crippen LogP contribution in [0.1, 0.15) is 27.7 Å². The van der Waals surface area contributed by atoms with E-state index < -0.39 is 24.0 Å². The van der Waals surface area contributed by atoms with Gasteiger partial charge >= 0.3 is 12.2 Å². The summed E-state index contributed by atoms with van der Waals surface area (Å²) in [5.74, 6) is 0. The maximum Gasteiger partial charge on any atom is 0.422 e. The molecule has 16 heavy (non-hydrogen) atoms. The van der Waals surface area contributed by atoms with Crippen LogP contribution in [0, 0.1) is 0 Å². The molecular formula is C9H19N3O4. The Labute approximate surface area is 94.7 Å². The van der Waals surface area contributed by atoms with Crippen LogP contribution in [-0.2, 0) is 4.74 Å².